The number of amides is 1. The van der Waals surface area contributed by atoms with Gasteiger partial charge in [0.15, 0.2) is 0 Å². The first-order valence-electron chi connectivity index (χ1n) is 8.15. The number of carbonyl (C=O) groups is 2. The Balaban J connectivity index is 1.92. The summed E-state index contributed by atoms with van der Waals surface area (Å²) in [5.74, 6) is -2.57. The Morgan fingerprint density at radius 3 is 2.22 bits per heavy atom. The van der Waals surface area contributed by atoms with E-state index in [2.05, 4.69) is 5.32 Å². The first-order valence-corrected chi connectivity index (χ1v) is 8.97. The van der Waals surface area contributed by atoms with Crippen molar-refractivity contribution < 1.29 is 23.5 Å². The SMILES string of the molecule is O=C1C[C@H](c2ccc(F)cc2)c2sc(C(=O)O)c(-c3ccc(F)cc3)c2N1. The van der Waals surface area contributed by atoms with E-state index in [9.17, 15) is 23.5 Å². The highest BCUT2D eigenvalue weighted by atomic mass is 32.1. The maximum absolute atomic E-state index is 13.3. The van der Waals surface area contributed by atoms with Crippen LogP contribution in [0.3, 0.4) is 0 Å². The minimum absolute atomic E-state index is 0.0703. The average Bonchev–Trinajstić information content (AvgIpc) is 3.02. The number of thiophene rings is 1. The van der Waals surface area contributed by atoms with Gasteiger partial charge in [0.1, 0.15) is 16.5 Å². The fraction of sp³-hybridized carbons (Fsp3) is 0.100. The van der Waals surface area contributed by atoms with E-state index >= 15 is 0 Å². The van der Waals surface area contributed by atoms with Crippen molar-refractivity contribution in [2.75, 3.05) is 5.32 Å². The van der Waals surface area contributed by atoms with E-state index in [1.165, 1.54) is 36.4 Å². The first-order chi connectivity index (χ1) is 12.9. The number of anilines is 1. The van der Waals surface area contributed by atoms with Crippen LogP contribution in [0.15, 0.2) is 48.5 Å². The molecule has 1 amide bonds. The molecular formula is C20H13F2NO3S. The Morgan fingerprint density at radius 1 is 1.04 bits per heavy atom. The van der Waals surface area contributed by atoms with Gasteiger partial charge < -0.3 is 10.4 Å². The molecule has 7 heteroatoms. The van der Waals surface area contributed by atoms with Crippen LogP contribution < -0.4 is 5.32 Å². The molecule has 136 valence electrons. The van der Waals surface area contributed by atoms with Gasteiger partial charge in [0.25, 0.3) is 0 Å². The molecule has 2 heterocycles. The summed E-state index contributed by atoms with van der Waals surface area (Å²) >= 11 is 1.08. The summed E-state index contributed by atoms with van der Waals surface area (Å²) in [5.41, 5.74) is 2.03. The Morgan fingerprint density at radius 2 is 1.63 bits per heavy atom. The number of carboxylic acids is 1. The van der Waals surface area contributed by atoms with Crippen LogP contribution in [0.25, 0.3) is 11.1 Å². The molecular weight excluding hydrogens is 372 g/mol. The highest BCUT2D eigenvalue weighted by Gasteiger charge is 2.34. The molecule has 0 radical (unpaired) electrons. The number of fused-ring (bicyclic) bond motifs is 1. The van der Waals surface area contributed by atoms with Gasteiger partial charge >= 0.3 is 5.97 Å². The topological polar surface area (TPSA) is 66.4 Å². The maximum atomic E-state index is 13.3. The van der Waals surface area contributed by atoms with Crippen molar-refractivity contribution in [3.05, 3.63) is 75.5 Å². The number of benzene rings is 2. The lowest BCUT2D eigenvalue weighted by Crippen LogP contribution is -2.22. The highest BCUT2D eigenvalue weighted by molar-refractivity contribution is 7.15. The molecule has 0 saturated heterocycles. The molecule has 0 saturated carbocycles. The van der Waals surface area contributed by atoms with Crippen LogP contribution >= 0.6 is 11.3 Å². The van der Waals surface area contributed by atoms with Crippen LogP contribution in [0, 0.1) is 11.6 Å². The van der Waals surface area contributed by atoms with Crippen molar-refractivity contribution in [1.29, 1.82) is 0 Å². The van der Waals surface area contributed by atoms with Crippen LogP contribution in [0.5, 0.6) is 0 Å². The third kappa shape index (κ3) is 3.10. The largest absolute Gasteiger partial charge is 0.477 e. The van der Waals surface area contributed by atoms with Gasteiger partial charge in [-0.05, 0) is 35.4 Å². The van der Waals surface area contributed by atoms with Crippen molar-refractivity contribution in [3.63, 3.8) is 0 Å². The zero-order chi connectivity index (χ0) is 19.1. The van der Waals surface area contributed by atoms with Gasteiger partial charge in [-0.15, -0.1) is 11.3 Å². The number of rotatable bonds is 3. The molecule has 1 aromatic heterocycles. The molecule has 2 N–H and O–H groups in total. The van der Waals surface area contributed by atoms with Gasteiger partial charge in [-0.25, -0.2) is 13.6 Å². The minimum atomic E-state index is -1.12. The van der Waals surface area contributed by atoms with Crippen LogP contribution in [0.4, 0.5) is 14.5 Å². The van der Waals surface area contributed by atoms with Crippen molar-refractivity contribution in [3.8, 4) is 11.1 Å². The third-order valence-electron chi connectivity index (χ3n) is 4.51. The number of carboxylic acid groups (broad SMARTS) is 1. The van der Waals surface area contributed by atoms with Crippen LogP contribution in [-0.2, 0) is 4.79 Å². The lowest BCUT2D eigenvalue weighted by Gasteiger charge is -2.23. The van der Waals surface area contributed by atoms with Crippen LogP contribution in [0.1, 0.15) is 32.5 Å². The Bertz CT molecular complexity index is 1040. The summed E-state index contributed by atoms with van der Waals surface area (Å²) in [6.07, 6.45) is 0.140. The molecule has 27 heavy (non-hydrogen) atoms. The number of hydrogen-bond donors (Lipinski definition) is 2. The predicted molar refractivity (Wildman–Crippen MR) is 98.2 cm³/mol. The molecule has 0 aliphatic carbocycles. The summed E-state index contributed by atoms with van der Waals surface area (Å²) < 4.78 is 26.6. The number of hydrogen-bond acceptors (Lipinski definition) is 3. The Kier molecular flexibility index (Phi) is 4.24. The molecule has 0 bridgehead atoms. The van der Waals surface area contributed by atoms with Gasteiger partial charge in [0.05, 0.1) is 5.69 Å². The fourth-order valence-corrected chi connectivity index (χ4v) is 4.54. The quantitative estimate of drug-likeness (QED) is 0.676. The molecule has 4 rings (SSSR count). The van der Waals surface area contributed by atoms with E-state index in [1.54, 1.807) is 12.1 Å². The van der Waals surface area contributed by atoms with Crippen molar-refractivity contribution in [2.45, 2.75) is 12.3 Å². The highest BCUT2D eigenvalue weighted by Crippen LogP contribution is 2.49. The summed E-state index contributed by atoms with van der Waals surface area (Å²) in [6.45, 7) is 0. The second-order valence-electron chi connectivity index (χ2n) is 6.21. The summed E-state index contributed by atoms with van der Waals surface area (Å²) in [5, 5.41) is 12.4. The molecule has 0 spiro atoms. The summed E-state index contributed by atoms with van der Waals surface area (Å²) in [7, 11) is 0. The van der Waals surface area contributed by atoms with E-state index in [4.69, 9.17) is 0 Å². The molecule has 1 aliphatic heterocycles. The second-order valence-corrected chi connectivity index (χ2v) is 7.27. The van der Waals surface area contributed by atoms with Crippen molar-refractivity contribution in [2.24, 2.45) is 0 Å². The van der Waals surface area contributed by atoms with Gasteiger partial charge in [-0.2, -0.15) is 0 Å². The van der Waals surface area contributed by atoms with E-state index < -0.39 is 11.8 Å². The summed E-state index contributed by atoms with van der Waals surface area (Å²) in [6, 6.07) is 11.3. The van der Waals surface area contributed by atoms with E-state index in [-0.39, 0.29) is 28.9 Å². The van der Waals surface area contributed by atoms with Gasteiger partial charge in [-0.3, -0.25) is 4.79 Å². The summed E-state index contributed by atoms with van der Waals surface area (Å²) in [4.78, 5) is 24.9. The minimum Gasteiger partial charge on any atom is -0.477 e. The van der Waals surface area contributed by atoms with Crippen molar-refractivity contribution >= 4 is 28.9 Å². The molecule has 4 nitrogen and oxygen atoms in total. The molecule has 3 aromatic rings. The lowest BCUT2D eigenvalue weighted by molar-refractivity contribution is -0.116. The molecule has 1 atom stereocenters. The van der Waals surface area contributed by atoms with Gasteiger partial charge in [0.2, 0.25) is 5.91 Å². The van der Waals surface area contributed by atoms with E-state index in [0.717, 1.165) is 16.9 Å². The van der Waals surface area contributed by atoms with Gasteiger partial charge in [-0.1, -0.05) is 24.3 Å². The molecule has 1 aliphatic rings. The zero-order valence-electron chi connectivity index (χ0n) is 13.8. The van der Waals surface area contributed by atoms with E-state index in [0.29, 0.717) is 21.7 Å². The predicted octanol–water partition coefficient (Wildman–Crippen LogP) is 4.87. The molecule has 2 aromatic carbocycles. The lowest BCUT2D eigenvalue weighted by atomic mass is 9.88. The third-order valence-corrected chi connectivity index (χ3v) is 5.80. The molecule has 0 fully saturated rings. The maximum Gasteiger partial charge on any atom is 0.346 e. The Labute approximate surface area is 157 Å². The first kappa shape index (κ1) is 17.4. The van der Waals surface area contributed by atoms with E-state index in [1.807, 2.05) is 0 Å². The van der Waals surface area contributed by atoms with Crippen LogP contribution in [0.2, 0.25) is 0 Å². The standard InChI is InChI=1S/C20H13F2NO3S/c21-12-5-1-10(2-6-12)14-9-15(24)23-17-16(11-3-7-13(22)8-4-11)19(20(25)26)27-18(14)17/h1-8,14H,9H2,(H,23,24)(H,25,26)/t14-/m1/s1. The smallest absolute Gasteiger partial charge is 0.346 e. The fourth-order valence-electron chi connectivity index (χ4n) is 3.29. The van der Waals surface area contributed by atoms with Crippen LogP contribution in [-0.4, -0.2) is 17.0 Å². The normalized spacial score (nSPS) is 15.9. The second kappa shape index (κ2) is 6.59. The number of aromatic carboxylic acids is 1. The number of halogens is 2. The number of nitrogens with one attached hydrogen (secondary N) is 1. The van der Waals surface area contributed by atoms with Crippen molar-refractivity contribution in [1.82, 2.24) is 0 Å². The monoisotopic (exact) mass is 385 g/mol. The number of carbonyl (C=O) groups excluding carboxylic acids is 1. The molecule has 0 unspecified atom stereocenters. The zero-order valence-corrected chi connectivity index (χ0v) is 14.6. The Hall–Kier alpha value is -3.06. The van der Waals surface area contributed by atoms with Gasteiger partial charge in [0, 0.05) is 22.8 Å². The average molecular weight is 385 g/mol.